The number of aldehydes is 1. The number of rotatable bonds is 3. The first-order valence-electron chi connectivity index (χ1n) is 6.33. The molecule has 0 unspecified atom stereocenters. The van der Waals surface area contributed by atoms with E-state index in [4.69, 9.17) is 4.74 Å². The SMILES string of the molecule is COc1ccc(C)cc1C1(C=O)CCCCC1. The Bertz CT molecular complexity index is 403. The number of methoxy groups -OCH3 is 1. The summed E-state index contributed by atoms with van der Waals surface area (Å²) in [6.45, 7) is 2.06. The Labute approximate surface area is 103 Å². The maximum Gasteiger partial charge on any atom is 0.130 e. The molecule has 0 heterocycles. The van der Waals surface area contributed by atoms with Gasteiger partial charge in [-0.3, -0.25) is 0 Å². The fourth-order valence-corrected chi connectivity index (χ4v) is 2.84. The van der Waals surface area contributed by atoms with Gasteiger partial charge in [0.1, 0.15) is 12.0 Å². The van der Waals surface area contributed by atoms with Gasteiger partial charge in [-0.1, -0.05) is 37.0 Å². The van der Waals surface area contributed by atoms with Crippen LogP contribution in [0.5, 0.6) is 5.75 Å². The molecular weight excluding hydrogens is 212 g/mol. The third kappa shape index (κ3) is 2.21. The van der Waals surface area contributed by atoms with Crippen LogP contribution in [0.2, 0.25) is 0 Å². The molecule has 0 aromatic heterocycles. The third-order valence-electron chi connectivity index (χ3n) is 3.86. The maximum atomic E-state index is 11.6. The lowest BCUT2D eigenvalue weighted by atomic mass is 9.70. The molecule has 0 aliphatic heterocycles. The van der Waals surface area contributed by atoms with Crippen LogP contribution < -0.4 is 4.74 Å². The van der Waals surface area contributed by atoms with Gasteiger partial charge >= 0.3 is 0 Å². The predicted octanol–water partition coefficient (Wildman–Crippen LogP) is 3.40. The van der Waals surface area contributed by atoms with E-state index < -0.39 is 0 Å². The smallest absolute Gasteiger partial charge is 0.130 e. The molecule has 0 spiro atoms. The van der Waals surface area contributed by atoms with E-state index in [1.807, 2.05) is 12.1 Å². The van der Waals surface area contributed by atoms with Crippen molar-refractivity contribution in [2.24, 2.45) is 0 Å². The Hall–Kier alpha value is -1.31. The van der Waals surface area contributed by atoms with Gasteiger partial charge in [0, 0.05) is 5.56 Å². The quantitative estimate of drug-likeness (QED) is 0.746. The summed E-state index contributed by atoms with van der Waals surface area (Å²) in [4.78, 5) is 11.6. The van der Waals surface area contributed by atoms with Crippen LogP contribution in [0.15, 0.2) is 18.2 Å². The summed E-state index contributed by atoms with van der Waals surface area (Å²) >= 11 is 0. The average molecular weight is 232 g/mol. The second-order valence-electron chi connectivity index (χ2n) is 5.04. The fourth-order valence-electron chi connectivity index (χ4n) is 2.84. The molecule has 17 heavy (non-hydrogen) atoms. The van der Waals surface area contributed by atoms with Crippen LogP contribution in [0.1, 0.15) is 43.2 Å². The largest absolute Gasteiger partial charge is 0.496 e. The molecule has 1 saturated carbocycles. The zero-order valence-electron chi connectivity index (χ0n) is 10.7. The lowest BCUT2D eigenvalue weighted by Crippen LogP contribution is -2.31. The monoisotopic (exact) mass is 232 g/mol. The molecule has 0 N–H and O–H groups in total. The highest BCUT2D eigenvalue weighted by molar-refractivity contribution is 5.71. The number of aryl methyl sites for hydroxylation is 1. The molecule has 1 fully saturated rings. The van der Waals surface area contributed by atoms with Crippen LogP contribution in [-0.4, -0.2) is 13.4 Å². The average Bonchev–Trinajstić information content (AvgIpc) is 2.39. The minimum absolute atomic E-state index is 0.310. The number of carbonyl (C=O) groups excluding carboxylic acids is 1. The molecule has 92 valence electrons. The van der Waals surface area contributed by atoms with Crippen molar-refractivity contribution in [2.75, 3.05) is 7.11 Å². The van der Waals surface area contributed by atoms with E-state index in [2.05, 4.69) is 13.0 Å². The van der Waals surface area contributed by atoms with Crippen LogP contribution in [0.25, 0.3) is 0 Å². The van der Waals surface area contributed by atoms with E-state index in [1.54, 1.807) is 7.11 Å². The Morgan fingerprint density at radius 3 is 2.53 bits per heavy atom. The van der Waals surface area contributed by atoms with Gasteiger partial charge < -0.3 is 9.53 Å². The van der Waals surface area contributed by atoms with Crippen molar-refractivity contribution < 1.29 is 9.53 Å². The molecule has 0 saturated heterocycles. The van der Waals surface area contributed by atoms with Crippen molar-refractivity contribution in [3.8, 4) is 5.75 Å². The summed E-state index contributed by atoms with van der Waals surface area (Å²) in [5, 5.41) is 0. The van der Waals surface area contributed by atoms with E-state index in [0.717, 1.165) is 43.3 Å². The van der Waals surface area contributed by atoms with Crippen molar-refractivity contribution in [2.45, 2.75) is 44.4 Å². The lowest BCUT2D eigenvalue weighted by molar-refractivity contribution is -0.113. The van der Waals surface area contributed by atoms with Gasteiger partial charge in [0.15, 0.2) is 0 Å². The number of hydrogen-bond acceptors (Lipinski definition) is 2. The van der Waals surface area contributed by atoms with Crippen LogP contribution in [-0.2, 0) is 10.2 Å². The second kappa shape index (κ2) is 4.91. The minimum Gasteiger partial charge on any atom is -0.496 e. The number of ether oxygens (including phenoxy) is 1. The Kier molecular flexibility index (Phi) is 3.51. The standard InChI is InChI=1S/C15H20O2/c1-12-6-7-14(17-2)13(10-12)15(11-16)8-4-3-5-9-15/h6-7,10-11H,3-5,8-9H2,1-2H3. The molecule has 0 atom stereocenters. The molecule has 1 aromatic rings. The summed E-state index contributed by atoms with van der Waals surface area (Å²) in [6, 6.07) is 6.12. The summed E-state index contributed by atoms with van der Waals surface area (Å²) in [7, 11) is 1.68. The molecule has 0 amide bonds. The summed E-state index contributed by atoms with van der Waals surface area (Å²) in [5.74, 6) is 0.851. The summed E-state index contributed by atoms with van der Waals surface area (Å²) in [5.41, 5.74) is 1.96. The molecular formula is C15H20O2. The van der Waals surface area contributed by atoms with Crippen LogP contribution in [0, 0.1) is 6.92 Å². The number of benzene rings is 1. The highest BCUT2D eigenvalue weighted by Crippen LogP contribution is 2.42. The molecule has 1 aromatic carbocycles. The summed E-state index contributed by atoms with van der Waals surface area (Å²) in [6.07, 6.45) is 6.56. The molecule has 2 nitrogen and oxygen atoms in total. The van der Waals surface area contributed by atoms with E-state index >= 15 is 0 Å². The van der Waals surface area contributed by atoms with Crippen molar-refractivity contribution in [3.05, 3.63) is 29.3 Å². The van der Waals surface area contributed by atoms with Gasteiger partial charge in [-0.25, -0.2) is 0 Å². The molecule has 2 rings (SSSR count). The zero-order valence-corrected chi connectivity index (χ0v) is 10.7. The first-order valence-corrected chi connectivity index (χ1v) is 6.33. The molecule has 1 aliphatic carbocycles. The summed E-state index contributed by atoms with van der Waals surface area (Å²) < 4.78 is 5.42. The number of carbonyl (C=O) groups is 1. The predicted molar refractivity (Wildman–Crippen MR) is 68.6 cm³/mol. The first-order chi connectivity index (χ1) is 8.22. The van der Waals surface area contributed by atoms with Gasteiger partial charge in [-0.15, -0.1) is 0 Å². The van der Waals surface area contributed by atoms with E-state index in [1.165, 1.54) is 12.0 Å². The van der Waals surface area contributed by atoms with E-state index in [-0.39, 0.29) is 5.41 Å². The van der Waals surface area contributed by atoms with Crippen molar-refractivity contribution in [3.63, 3.8) is 0 Å². The minimum atomic E-state index is -0.310. The van der Waals surface area contributed by atoms with Crippen molar-refractivity contribution in [1.82, 2.24) is 0 Å². The Morgan fingerprint density at radius 1 is 1.24 bits per heavy atom. The Balaban J connectivity index is 2.48. The first kappa shape index (κ1) is 12.2. The fraction of sp³-hybridized carbons (Fsp3) is 0.533. The van der Waals surface area contributed by atoms with Crippen molar-refractivity contribution in [1.29, 1.82) is 0 Å². The maximum absolute atomic E-state index is 11.6. The van der Waals surface area contributed by atoms with E-state index in [9.17, 15) is 4.79 Å². The third-order valence-corrected chi connectivity index (χ3v) is 3.86. The van der Waals surface area contributed by atoms with Gasteiger partial charge in [0.25, 0.3) is 0 Å². The zero-order chi connectivity index (χ0) is 12.3. The normalized spacial score (nSPS) is 18.7. The Morgan fingerprint density at radius 2 is 1.94 bits per heavy atom. The van der Waals surface area contributed by atoms with Crippen molar-refractivity contribution >= 4 is 6.29 Å². The molecule has 0 bridgehead atoms. The molecule has 0 radical (unpaired) electrons. The van der Waals surface area contributed by atoms with Gasteiger partial charge in [0.05, 0.1) is 12.5 Å². The van der Waals surface area contributed by atoms with Gasteiger partial charge in [-0.05, 0) is 25.8 Å². The topological polar surface area (TPSA) is 26.3 Å². The van der Waals surface area contributed by atoms with E-state index in [0.29, 0.717) is 0 Å². The highest BCUT2D eigenvalue weighted by atomic mass is 16.5. The second-order valence-corrected chi connectivity index (χ2v) is 5.04. The molecule has 2 heteroatoms. The highest BCUT2D eigenvalue weighted by Gasteiger charge is 2.35. The van der Waals surface area contributed by atoms with Crippen LogP contribution >= 0.6 is 0 Å². The number of hydrogen-bond donors (Lipinski definition) is 0. The van der Waals surface area contributed by atoms with Crippen LogP contribution in [0.4, 0.5) is 0 Å². The lowest BCUT2D eigenvalue weighted by Gasteiger charge is -2.33. The van der Waals surface area contributed by atoms with Gasteiger partial charge in [-0.2, -0.15) is 0 Å². The van der Waals surface area contributed by atoms with Crippen LogP contribution in [0.3, 0.4) is 0 Å². The molecule has 1 aliphatic rings. The van der Waals surface area contributed by atoms with Gasteiger partial charge in [0.2, 0.25) is 0 Å².